The smallest absolute Gasteiger partial charge is 0.153 e. The molecular formula is C21H15NO. The lowest BCUT2D eigenvalue weighted by molar-refractivity contribution is 0.518. The summed E-state index contributed by atoms with van der Waals surface area (Å²) >= 11 is 0. The molecule has 0 saturated carbocycles. The number of aliphatic imine (C=N–C) groups is 1. The summed E-state index contributed by atoms with van der Waals surface area (Å²) in [5.41, 5.74) is 3.84. The van der Waals surface area contributed by atoms with E-state index in [0.29, 0.717) is 0 Å². The summed E-state index contributed by atoms with van der Waals surface area (Å²) in [5.74, 6) is 1.58. The maximum Gasteiger partial charge on any atom is 0.153 e. The SMILES string of the molecule is C1=C(c2ccccc2)Oc2ccccc2N=C1c1ccccc1. The third kappa shape index (κ3) is 2.79. The Bertz CT molecular complexity index is 880. The number of hydrogen-bond acceptors (Lipinski definition) is 2. The van der Waals surface area contributed by atoms with Crippen LogP contribution >= 0.6 is 0 Å². The molecule has 0 aromatic heterocycles. The Morgan fingerprint density at radius 3 is 1.96 bits per heavy atom. The zero-order valence-corrected chi connectivity index (χ0v) is 12.5. The van der Waals surface area contributed by atoms with Crippen LogP contribution in [0.1, 0.15) is 11.1 Å². The maximum absolute atomic E-state index is 6.14. The summed E-state index contributed by atoms with van der Waals surface area (Å²) in [6.07, 6.45) is 2.00. The second-order valence-corrected chi connectivity index (χ2v) is 5.31. The molecule has 0 aliphatic carbocycles. The van der Waals surface area contributed by atoms with Crippen molar-refractivity contribution in [2.45, 2.75) is 0 Å². The van der Waals surface area contributed by atoms with E-state index in [2.05, 4.69) is 12.1 Å². The Hall–Kier alpha value is -3.13. The molecule has 1 aliphatic rings. The Balaban J connectivity index is 1.89. The summed E-state index contributed by atoms with van der Waals surface area (Å²) in [7, 11) is 0. The van der Waals surface area contributed by atoms with Crippen molar-refractivity contribution in [2.24, 2.45) is 4.99 Å². The molecule has 3 aromatic carbocycles. The quantitative estimate of drug-likeness (QED) is 0.633. The van der Waals surface area contributed by atoms with Crippen LogP contribution in [0.15, 0.2) is 96.0 Å². The molecule has 3 aromatic rings. The highest BCUT2D eigenvalue weighted by Gasteiger charge is 2.15. The first-order chi connectivity index (χ1) is 11.4. The van der Waals surface area contributed by atoms with E-state index in [9.17, 15) is 0 Å². The van der Waals surface area contributed by atoms with Gasteiger partial charge in [-0.3, -0.25) is 0 Å². The highest BCUT2D eigenvalue weighted by Crippen LogP contribution is 2.34. The van der Waals surface area contributed by atoms with Gasteiger partial charge in [-0.25, -0.2) is 4.99 Å². The van der Waals surface area contributed by atoms with Gasteiger partial charge < -0.3 is 4.74 Å². The number of nitrogens with zero attached hydrogens (tertiary/aromatic N) is 1. The van der Waals surface area contributed by atoms with E-state index in [4.69, 9.17) is 9.73 Å². The molecule has 4 rings (SSSR count). The summed E-state index contributed by atoms with van der Waals surface area (Å²) in [4.78, 5) is 4.80. The third-order valence-corrected chi connectivity index (χ3v) is 3.72. The lowest BCUT2D eigenvalue weighted by Crippen LogP contribution is -1.99. The predicted octanol–water partition coefficient (Wildman–Crippen LogP) is 5.24. The molecule has 0 atom stereocenters. The van der Waals surface area contributed by atoms with E-state index in [1.54, 1.807) is 0 Å². The van der Waals surface area contributed by atoms with Crippen LogP contribution in [0.2, 0.25) is 0 Å². The number of para-hydroxylation sites is 2. The van der Waals surface area contributed by atoms with Gasteiger partial charge in [0.25, 0.3) is 0 Å². The van der Waals surface area contributed by atoms with Crippen LogP contribution in [0.25, 0.3) is 5.76 Å². The van der Waals surface area contributed by atoms with Gasteiger partial charge in [0, 0.05) is 17.2 Å². The lowest BCUT2D eigenvalue weighted by Gasteiger charge is -2.09. The molecule has 0 bridgehead atoms. The van der Waals surface area contributed by atoms with Crippen molar-refractivity contribution < 1.29 is 4.74 Å². The van der Waals surface area contributed by atoms with E-state index < -0.39 is 0 Å². The van der Waals surface area contributed by atoms with Gasteiger partial charge in [-0.2, -0.15) is 0 Å². The number of rotatable bonds is 2. The number of fused-ring (bicyclic) bond motifs is 1. The average Bonchev–Trinajstić information content (AvgIpc) is 2.83. The average molecular weight is 297 g/mol. The monoisotopic (exact) mass is 297 g/mol. The van der Waals surface area contributed by atoms with Crippen LogP contribution in [0, 0.1) is 0 Å². The molecule has 0 unspecified atom stereocenters. The van der Waals surface area contributed by atoms with Gasteiger partial charge in [0.2, 0.25) is 0 Å². The Labute approximate surface area is 135 Å². The fourth-order valence-corrected chi connectivity index (χ4v) is 2.57. The van der Waals surface area contributed by atoms with Crippen molar-refractivity contribution in [1.82, 2.24) is 0 Å². The van der Waals surface area contributed by atoms with Gasteiger partial charge in [0.15, 0.2) is 5.75 Å². The summed E-state index contributed by atoms with van der Waals surface area (Å²) in [6, 6.07) is 28.1. The van der Waals surface area contributed by atoms with Crippen LogP contribution in [0.5, 0.6) is 5.75 Å². The van der Waals surface area contributed by atoms with Gasteiger partial charge in [0.05, 0.1) is 5.71 Å². The van der Waals surface area contributed by atoms with E-state index >= 15 is 0 Å². The van der Waals surface area contributed by atoms with E-state index in [1.165, 1.54) is 0 Å². The second-order valence-electron chi connectivity index (χ2n) is 5.31. The molecular weight excluding hydrogens is 282 g/mol. The molecule has 0 N–H and O–H groups in total. The molecule has 2 heteroatoms. The van der Waals surface area contributed by atoms with E-state index in [1.807, 2.05) is 78.9 Å². The topological polar surface area (TPSA) is 21.6 Å². The minimum absolute atomic E-state index is 0.772. The number of ether oxygens (including phenoxy) is 1. The minimum Gasteiger partial charge on any atom is -0.454 e. The second kappa shape index (κ2) is 5.93. The van der Waals surface area contributed by atoms with Gasteiger partial charge in [0.1, 0.15) is 11.4 Å². The first-order valence-corrected chi connectivity index (χ1v) is 7.58. The normalized spacial score (nSPS) is 13.2. The molecule has 0 amide bonds. The maximum atomic E-state index is 6.14. The van der Waals surface area contributed by atoms with Crippen LogP contribution in [-0.4, -0.2) is 5.71 Å². The van der Waals surface area contributed by atoms with Crippen LogP contribution in [-0.2, 0) is 0 Å². The Morgan fingerprint density at radius 2 is 1.22 bits per heavy atom. The molecule has 1 heterocycles. The summed E-state index contributed by atoms with van der Waals surface area (Å²) in [6.45, 7) is 0. The minimum atomic E-state index is 0.772. The number of hydrogen-bond donors (Lipinski definition) is 0. The van der Waals surface area contributed by atoms with Crippen LogP contribution in [0.4, 0.5) is 5.69 Å². The molecule has 0 spiro atoms. The van der Waals surface area contributed by atoms with E-state index in [0.717, 1.165) is 34.0 Å². The van der Waals surface area contributed by atoms with Crippen molar-refractivity contribution in [1.29, 1.82) is 0 Å². The highest BCUT2D eigenvalue weighted by molar-refractivity contribution is 6.13. The van der Waals surface area contributed by atoms with Crippen molar-refractivity contribution >= 4 is 17.2 Å². The number of allylic oxidation sites excluding steroid dienone is 1. The molecule has 110 valence electrons. The van der Waals surface area contributed by atoms with Gasteiger partial charge in [-0.1, -0.05) is 72.8 Å². The fourth-order valence-electron chi connectivity index (χ4n) is 2.57. The Kier molecular flexibility index (Phi) is 3.49. The zero-order chi connectivity index (χ0) is 15.5. The van der Waals surface area contributed by atoms with Gasteiger partial charge in [-0.05, 0) is 12.1 Å². The largest absolute Gasteiger partial charge is 0.454 e. The van der Waals surface area contributed by atoms with Crippen molar-refractivity contribution in [3.8, 4) is 5.75 Å². The molecule has 1 aliphatic heterocycles. The van der Waals surface area contributed by atoms with Gasteiger partial charge >= 0.3 is 0 Å². The van der Waals surface area contributed by atoms with Crippen molar-refractivity contribution in [3.63, 3.8) is 0 Å². The lowest BCUT2D eigenvalue weighted by atomic mass is 10.1. The molecule has 0 fully saturated rings. The zero-order valence-electron chi connectivity index (χ0n) is 12.5. The molecule has 0 radical (unpaired) electrons. The molecule has 2 nitrogen and oxygen atoms in total. The molecule has 23 heavy (non-hydrogen) atoms. The first kappa shape index (κ1) is 13.5. The van der Waals surface area contributed by atoms with Crippen LogP contribution in [0.3, 0.4) is 0 Å². The summed E-state index contributed by atoms with van der Waals surface area (Å²) in [5, 5.41) is 0. The van der Waals surface area contributed by atoms with Crippen LogP contribution < -0.4 is 4.74 Å². The summed E-state index contributed by atoms with van der Waals surface area (Å²) < 4.78 is 6.14. The van der Waals surface area contributed by atoms with Crippen molar-refractivity contribution in [3.05, 3.63) is 102 Å². The third-order valence-electron chi connectivity index (χ3n) is 3.72. The predicted molar refractivity (Wildman–Crippen MR) is 94.1 cm³/mol. The standard InChI is InChI=1S/C21H15NO/c1-3-9-16(10-4-1)19-15-21(17-11-5-2-6-12-17)23-20-14-8-7-13-18(20)22-19/h1-15H. The Morgan fingerprint density at radius 1 is 0.609 bits per heavy atom. The highest BCUT2D eigenvalue weighted by atomic mass is 16.5. The number of benzene rings is 3. The van der Waals surface area contributed by atoms with Gasteiger partial charge in [-0.15, -0.1) is 0 Å². The first-order valence-electron chi connectivity index (χ1n) is 7.58. The fraction of sp³-hybridized carbons (Fsp3) is 0. The van der Waals surface area contributed by atoms with E-state index in [-0.39, 0.29) is 0 Å². The van der Waals surface area contributed by atoms with Crippen molar-refractivity contribution in [2.75, 3.05) is 0 Å². The molecule has 0 saturated heterocycles.